The van der Waals surface area contributed by atoms with Gasteiger partial charge in [0.15, 0.2) is 0 Å². The molecular formula is C14H18Cl2N2O. The third-order valence-electron chi connectivity index (χ3n) is 3.38. The average molecular weight is 301 g/mol. The van der Waals surface area contributed by atoms with Gasteiger partial charge in [-0.3, -0.25) is 4.79 Å². The van der Waals surface area contributed by atoms with Gasteiger partial charge in [-0.15, -0.1) is 0 Å². The summed E-state index contributed by atoms with van der Waals surface area (Å²) >= 11 is 11.8. The highest BCUT2D eigenvalue weighted by Gasteiger charge is 2.14. The van der Waals surface area contributed by atoms with E-state index in [-0.39, 0.29) is 5.91 Å². The van der Waals surface area contributed by atoms with Crippen LogP contribution in [0.25, 0.3) is 0 Å². The number of carbonyl (C=O) groups excluding carboxylic acids is 1. The Morgan fingerprint density at radius 1 is 1.21 bits per heavy atom. The molecule has 1 saturated heterocycles. The van der Waals surface area contributed by atoms with E-state index in [2.05, 4.69) is 10.6 Å². The number of benzene rings is 1. The lowest BCUT2D eigenvalue weighted by atomic mass is 9.93. The van der Waals surface area contributed by atoms with Gasteiger partial charge in [0.25, 0.3) is 0 Å². The van der Waals surface area contributed by atoms with E-state index >= 15 is 0 Å². The molecule has 0 radical (unpaired) electrons. The minimum absolute atomic E-state index is 0.0249. The fourth-order valence-corrected chi connectivity index (χ4v) is 2.88. The number of nitrogens with one attached hydrogen (secondary N) is 2. The lowest BCUT2D eigenvalue weighted by molar-refractivity contribution is -0.116. The van der Waals surface area contributed by atoms with E-state index in [1.807, 2.05) is 0 Å². The van der Waals surface area contributed by atoms with Gasteiger partial charge < -0.3 is 10.6 Å². The Hall–Kier alpha value is -0.770. The van der Waals surface area contributed by atoms with Crippen molar-refractivity contribution < 1.29 is 4.79 Å². The fraction of sp³-hybridized carbons (Fsp3) is 0.500. The SMILES string of the molecule is O=C(CCC1CCNCC1)Nc1cc(Cl)cc(Cl)c1. The number of hydrogen-bond donors (Lipinski definition) is 2. The van der Waals surface area contributed by atoms with Crippen molar-refractivity contribution in [2.75, 3.05) is 18.4 Å². The summed E-state index contributed by atoms with van der Waals surface area (Å²) in [6.07, 6.45) is 3.82. The minimum atomic E-state index is 0.0249. The molecule has 1 heterocycles. The summed E-state index contributed by atoms with van der Waals surface area (Å²) in [5.41, 5.74) is 0.660. The maximum atomic E-state index is 11.9. The summed E-state index contributed by atoms with van der Waals surface area (Å²) in [6.45, 7) is 2.13. The number of halogens is 2. The molecule has 0 spiro atoms. The van der Waals surface area contributed by atoms with Crippen molar-refractivity contribution in [2.45, 2.75) is 25.7 Å². The third kappa shape index (κ3) is 5.01. The number of anilines is 1. The Bertz CT molecular complexity index is 425. The summed E-state index contributed by atoms with van der Waals surface area (Å²) in [7, 11) is 0. The van der Waals surface area contributed by atoms with E-state index in [1.54, 1.807) is 18.2 Å². The van der Waals surface area contributed by atoms with Crippen LogP contribution in [0.3, 0.4) is 0 Å². The monoisotopic (exact) mass is 300 g/mol. The third-order valence-corrected chi connectivity index (χ3v) is 3.82. The van der Waals surface area contributed by atoms with Gasteiger partial charge in [-0.05, 0) is 56.5 Å². The maximum absolute atomic E-state index is 11.9. The standard InChI is InChI=1S/C14H18Cl2N2O/c15-11-7-12(16)9-13(8-11)18-14(19)2-1-10-3-5-17-6-4-10/h7-10,17H,1-6H2,(H,18,19). The largest absolute Gasteiger partial charge is 0.326 e. The molecule has 0 bridgehead atoms. The zero-order valence-electron chi connectivity index (χ0n) is 10.7. The van der Waals surface area contributed by atoms with Gasteiger partial charge >= 0.3 is 0 Å². The predicted octanol–water partition coefficient (Wildman–Crippen LogP) is 3.71. The Balaban J connectivity index is 1.80. The first-order chi connectivity index (χ1) is 9.13. The van der Waals surface area contributed by atoms with E-state index in [4.69, 9.17) is 23.2 Å². The number of hydrogen-bond acceptors (Lipinski definition) is 2. The molecule has 0 unspecified atom stereocenters. The van der Waals surface area contributed by atoms with Crippen LogP contribution in [-0.2, 0) is 4.79 Å². The Kier molecular flexibility index (Phi) is 5.49. The van der Waals surface area contributed by atoms with Crippen molar-refractivity contribution in [3.63, 3.8) is 0 Å². The van der Waals surface area contributed by atoms with Crippen molar-refractivity contribution in [1.82, 2.24) is 5.32 Å². The number of piperidine rings is 1. The minimum Gasteiger partial charge on any atom is -0.326 e. The van der Waals surface area contributed by atoms with Crippen LogP contribution in [0.4, 0.5) is 5.69 Å². The second-order valence-electron chi connectivity index (χ2n) is 4.94. The van der Waals surface area contributed by atoms with Gasteiger partial charge in [0, 0.05) is 22.2 Å². The van der Waals surface area contributed by atoms with E-state index in [9.17, 15) is 4.79 Å². The first-order valence-electron chi connectivity index (χ1n) is 6.60. The molecule has 1 amide bonds. The van der Waals surface area contributed by atoms with Gasteiger partial charge in [-0.2, -0.15) is 0 Å². The molecule has 104 valence electrons. The van der Waals surface area contributed by atoms with Crippen LogP contribution >= 0.6 is 23.2 Å². The van der Waals surface area contributed by atoms with Gasteiger partial charge in [0.05, 0.1) is 0 Å². The molecule has 1 fully saturated rings. The van der Waals surface area contributed by atoms with Crippen LogP contribution in [0.15, 0.2) is 18.2 Å². The topological polar surface area (TPSA) is 41.1 Å². The summed E-state index contributed by atoms with van der Waals surface area (Å²) < 4.78 is 0. The molecule has 1 aromatic rings. The fourth-order valence-electron chi connectivity index (χ4n) is 2.36. The molecule has 1 aliphatic rings. The van der Waals surface area contributed by atoms with Crippen LogP contribution < -0.4 is 10.6 Å². The molecule has 3 nitrogen and oxygen atoms in total. The number of carbonyl (C=O) groups is 1. The van der Waals surface area contributed by atoms with Gasteiger partial charge in [-0.25, -0.2) is 0 Å². The van der Waals surface area contributed by atoms with Crippen molar-refractivity contribution in [2.24, 2.45) is 5.92 Å². The molecular weight excluding hydrogens is 283 g/mol. The molecule has 1 aliphatic heterocycles. The van der Waals surface area contributed by atoms with Crippen LogP contribution in [-0.4, -0.2) is 19.0 Å². The maximum Gasteiger partial charge on any atom is 0.224 e. The first-order valence-corrected chi connectivity index (χ1v) is 7.36. The van der Waals surface area contributed by atoms with E-state index in [0.717, 1.165) is 32.4 Å². The van der Waals surface area contributed by atoms with E-state index in [0.29, 0.717) is 28.1 Å². The smallest absolute Gasteiger partial charge is 0.224 e. The van der Waals surface area contributed by atoms with Crippen LogP contribution in [0.5, 0.6) is 0 Å². The van der Waals surface area contributed by atoms with Crippen LogP contribution in [0.2, 0.25) is 10.0 Å². The molecule has 0 saturated carbocycles. The predicted molar refractivity (Wildman–Crippen MR) is 79.9 cm³/mol. The summed E-state index contributed by atoms with van der Waals surface area (Å²) in [5, 5.41) is 7.22. The van der Waals surface area contributed by atoms with Crippen molar-refractivity contribution >= 4 is 34.8 Å². The number of rotatable bonds is 4. The second-order valence-corrected chi connectivity index (χ2v) is 5.81. The average Bonchev–Trinajstić information content (AvgIpc) is 2.36. The summed E-state index contributed by atoms with van der Waals surface area (Å²) in [5.74, 6) is 0.687. The zero-order valence-corrected chi connectivity index (χ0v) is 12.2. The molecule has 2 rings (SSSR count). The molecule has 0 atom stereocenters. The highest BCUT2D eigenvalue weighted by Crippen LogP contribution is 2.23. The molecule has 1 aromatic carbocycles. The Morgan fingerprint density at radius 3 is 2.47 bits per heavy atom. The van der Waals surface area contributed by atoms with Crippen LogP contribution in [0.1, 0.15) is 25.7 Å². The van der Waals surface area contributed by atoms with Gasteiger partial charge in [0.2, 0.25) is 5.91 Å². The lowest BCUT2D eigenvalue weighted by Gasteiger charge is -2.22. The molecule has 19 heavy (non-hydrogen) atoms. The highest BCUT2D eigenvalue weighted by molar-refractivity contribution is 6.35. The molecule has 0 aliphatic carbocycles. The van der Waals surface area contributed by atoms with E-state index in [1.165, 1.54) is 0 Å². The Morgan fingerprint density at radius 2 is 1.84 bits per heavy atom. The first kappa shape index (κ1) is 14.6. The summed E-state index contributed by atoms with van der Waals surface area (Å²) in [4.78, 5) is 11.9. The van der Waals surface area contributed by atoms with Gasteiger partial charge in [0.1, 0.15) is 0 Å². The van der Waals surface area contributed by atoms with Gasteiger partial charge in [-0.1, -0.05) is 23.2 Å². The van der Waals surface area contributed by atoms with Crippen molar-refractivity contribution in [1.29, 1.82) is 0 Å². The lowest BCUT2D eigenvalue weighted by Crippen LogP contribution is -2.28. The Labute approximate surface area is 123 Å². The quantitative estimate of drug-likeness (QED) is 0.890. The molecule has 5 heteroatoms. The zero-order chi connectivity index (χ0) is 13.7. The summed E-state index contributed by atoms with van der Waals surface area (Å²) in [6, 6.07) is 5.06. The second kappa shape index (κ2) is 7.13. The normalized spacial score (nSPS) is 16.3. The van der Waals surface area contributed by atoms with Crippen LogP contribution in [0, 0.1) is 5.92 Å². The molecule has 2 N–H and O–H groups in total. The highest BCUT2D eigenvalue weighted by atomic mass is 35.5. The van der Waals surface area contributed by atoms with Crippen molar-refractivity contribution in [3.8, 4) is 0 Å². The number of amides is 1. The molecule has 0 aromatic heterocycles. The van der Waals surface area contributed by atoms with Crippen molar-refractivity contribution in [3.05, 3.63) is 28.2 Å². The van der Waals surface area contributed by atoms with E-state index < -0.39 is 0 Å².